The van der Waals surface area contributed by atoms with E-state index >= 15 is 0 Å². The van der Waals surface area contributed by atoms with Crippen molar-refractivity contribution in [1.29, 1.82) is 5.26 Å². The monoisotopic (exact) mass is 329 g/mol. The predicted octanol–water partition coefficient (Wildman–Crippen LogP) is 0.623. The maximum absolute atomic E-state index is 12.3. The number of nitrogens with zero attached hydrogens (tertiary/aromatic N) is 3. The molecule has 0 spiro atoms. The van der Waals surface area contributed by atoms with E-state index in [0.717, 1.165) is 38.3 Å². The summed E-state index contributed by atoms with van der Waals surface area (Å²) in [5.74, 6) is -0.312. The number of aryl methyl sites for hydroxylation is 1. The van der Waals surface area contributed by atoms with Crippen LogP contribution in [0.4, 0.5) is 5.69 Å². The van der Waals surface area contributed by atoms with Crippen molar-refractivity contribution in [3.05, 3.63) is 35.5 Å². The summed E-state index contributed by atoms with van der Waals surface area (Å²) in [4.78, 5) is 16.5. The zero-order valence-corrected chi connectivity index (χ0v) is 13.8. The molecule has 128 valence electrons. The first-order valence-electron chi connectivity index (χ1n) is 7.93. The third kappa shape index (κ3) is 4.72. The van der Waals surface area contributed by atoms with E-state index in [9.17, 15) is 15.2 Å². The fourth-order valence-electron chi connectivity index (χ4n) is 2.60. The summed E-state index contributed by atoms with van der Waals surface area (Å²) in [7, 11) is 0. The molecule has 7 heteroatoms. The minimum atomic E-state index is -0.448. The van der Waals surface area contributed by atoms with E-state index in [1.165, 1.54) is 6.07 Å². The summed E-state index contributed by atoms with van der Waals surface area (Å²) in [5, 5.41) is 21.4. The highest BCUT2D eigenvalue weighted by molar-refractivity contribution is 6.06. The van der Waals surface area contributed by atoms with Crippen LogP contribution in [0.1, 0.15) is 5.56 Å². The Hall–Kier alpha value is -2.56. The van der Waals surface area contributed by atoms with Gasteiger partial charge in [0.2, 0.25) is 0 Å². The van der Waals surface area contributed by atoms with Crippen LogP contribution in [0.3, 0.4) is 0 Å². The van der Waals surface area contributed by atoms with Crippen LogP contribution in [-0.2, 0) is 4.79 Å². The van der Waals surface area contributed by atoms with Crippen molar-refractivity contribution in [2.24, 2.45) is 5.73 Å². The fourth-order valence-corrected chi connectivity index (χ4v) is 2.60. The van der Waals surface area contributed by atoms with Gasteiger partial charge in [0.15, 0.2) is 0 Å². The number of phenolic OH excluding ortho intramolecular Hbond substituents is 1. The highest BCUT2D eigenvalue weighted by Gasteiger charge is 2.17. The normalized spacial score (nSPS) is 15.9. The second-order valence-electron chi connectivity index (χ2n) is 5.77. The molecule has 2 rings (SSSR count). The zero-order chi connectivity index (χ0) is 17.5. The van der Waals surface area contributed by atoms with E-state index in [1.807, 2.05) is 11.0 Å². The number of hydrogen-bond donors (Lipinski definition) is 3. The van der Waals surface area contributed by atoms with Gasteiger partial charge in [0, 0.05) is 51.2 Å². The Kier molecular flexibility index (Phi) is 6.18. The smallest absolute Gasteiger partial charge is 0.267 e. The topological polar surface area (TPSA) is 106 Å². The van der Waals surface area contributed by atoms with Gasteiger partial charge < -0.3 is 21.1 Å². The molecule has 0 radical (unpaired) electrons. The first kappa shape index (κ1) is 17.8. The van der Waals surface area contributed by atoms with Gasteiger partial charge in [0.1, 0.15) is 17.4 Å². The maximum Gasteiger partial charge on any atom is 0.267 e. The molecule has 1 saturated heterocycles. The van der Waals surface area contributed by atoms with Crippen LogP contribution in [-0.4, -0.2) is 60.1 Å². The molecule has 0 unspecified atom stereocenters. The number of nitrogens with two attached hydrogens (primary N) is 1. The van der Waals surface area contributed by atoms with Crippen LogP contribution in [0.15, 0.2) is 30.0 Å². The Labute approximate surface area is 142 Å². The molecule has 0 saturated carbocycles. The SMILES string of the molecule is Cc1cc(O)ccc1NC(=O)/C(C#N)=C\N1CCN(CCN)CC1. The van der Waals surface area contributed by atoms with Crippen LogP contribution in [0.2, 0.25) is 0 Å². The average molecular weight is 329 g/mol. The summed E-state index contributed by atoms with van der Waals surface area (Å²) in [6, 6.07) is 6.63. The Balaban J connectivity index is 2.00. The number of nitriles is 1. The zero-order valence-electron chi connectivity index (χ0n) is 13.8. The van der Waals surface area contributed by atoms with E-state index in [1.54, 1.807) is 25.3 Å². The van der Waals surface area contributed by atoms with Gasteiger partial charge in [-0.2, -0.15) is 5.26 Å². The largest absolute Gasteiger partial charge is 0.508 e. The number of carbonyl (C=O) groups excluding carboxylic acids is 1. The van der Waals surface area contributed by atoms with E-state index in [4.69, 9.17) is 5.73 Å². The minimum absolute atomic E-state index is 0.0646. The number of aromatic hydroxyl groups is 1. The van der Waals surface area contributed by atoms with Crippen LogP contribution in [0.25, 0.3) is 0 Å². The molecule has 0 atom stereocenters. The first-order valence-corrected chi connectivity index (χ1v) is 7.93. The third-order valence-electron chi connectivity index (χ3n) is 3.99. The standard InChI is InChI=1S/C17H23N5O2/c1-13-10-15(23)2-3-16(13)20-17(24)14(11-19)12-22-8-6-21(5-4-18)7-9-22/h2-3,10,12,23H,4-9,18H2,1H3,(H,20,24)/b14-12-. The summed E-state index contributed by atoms with van der Waals surface area (Å²) in [5.41, 5.74) is 6.92. The van der Waals surface area contributed by atoms with E-state index in [2.05, 4.69) is 10.2 Å². The molecule has 1 heterocycles. The maximum atomic E-state index is 12.3. The lowest BCUT2D eigenvalue weighted by molar-refractivity contribution is -0.112. The van der Waals surface area contributed by atoms with Crippen molar-refractivity contribution >= 4 is 11.6 Å². The van der Waals surface area contributed by atoms with Crippen molar-refractivity contribution in [2.45, 2.75) is 6.92 Å². The summed E-state index contributed by atoms with van der Waals surface area (Å²) in [6.07, 6.45) is 1.62. The van der Waals surface area contributed by atoms with Gasteiger partial charge in [0.25, 0.3) is 5.91 Å². The summed E-state index contributed by atoms with van der Waals surface area (Å²) < 4.78 is 0. The number of amides is 1. The van der Waals surface area contributed by atoms with Crippen molar-refractivity contribution in [2.75, 3.05) is 44.6 Å². The number of nitrogens with one attached hydrogen (secondary N) is 1. The summed E-state index contributed by atoms with van der Waals surface area (Å²) in [6.45, 7) is 6.53. The van der Waals surface area contributed by atoms with Crippen LogP contribution in [0.5, 0.6) is 5.75 Å². The van der Waals surface area contributed by atoms with E-state index in [-0.39, 0.29) is 11.3 Å². The quantitative estimate of drug-likeness (QED) is 0.415. The van der Waals surface area contributed by atoms with Crippen molar-refractivity contribution in [3.63, 3.8) is 0 Å². The van der Waals surface area contributed by atoms with Gasteiger partial charge in [0.05, 0.1) is 0 Å². The number of phenols is 1. The number of anilines is 1. The number of hydrogen-bond acceptors (Lipinski definition) is 6. The number of benzene rings is 1. The molecule has 0 aromatic heterocycles. The second-order valence-corrected chi connectivity index (χ2v) is 5.77. The van der Waals surface area contributed by atoms with Gasteiger partial charge in [-0.1, -0.05) is 0 Å². The van der Waals surface area contributed by atoms with Crippen LogP contribution in [0, 0.1) is 18.3 Å². The van der Waals surface area contributed by atoms with E-state index < -0.39 is 5.91 Å². The Morgan fingerprint density at radius 2 is 2.12 bits per heavy atom. The van der Waals surface area contributed by atoms with Crippen LogP contribution >= 0.6 is 0 Å². The van der Waals surface area contributed by atoms with Gasteiger partial charge >= 0.3 is 0 Å². The molecule has 1 fully saturated rings. The van der Waals surface area contributed by atoms with Crippen molar-refractivity contribution in [3.8, 4) is 11.8 Å². The highest BCUT2D eigenvalue weighted by Crippen LogP contribution is 2.20. The fraction of sp³-hybridized carbons (Fsp3) is 0.412. The Bertz CT molecular complexity index is 657. The molecule has 4 N–H and O–H groups in total. The molecule has 1 aromatic rings. The lowest BCUT2D eigenvalue weighted by Gasteiger charge is -2.33. The molecular weight excluding hydrogens is 306 g/mol. The van der Waals surface area contributed by atoms with Gasteiger partial charge in [-0.25, -0.2) is 0 Å². The molecule has 0 bridgehead atoms. The molecule has 24 heavy (non-hydrogen) atoms. The minimum Gasteiger partial charge on any atom is -0.508 e. The number of carbonyl (C=O) groups is 1. The second kappa shape index (κ2) is 8.34. The number of rotatable bonds is 5. The predicted molar refractivity (Wildman–Crippen MR) is 92.2 cm³/mol. The number of piperazine rings is 1. The molecule has 7 nitrogen and oxygen atoms in total. The van der Waals surface area contributed by atoms with Gasteiger partial charge in [-0.3, -0.25) is 9.69 Å². The summed E-state index contributed by atoms with van der Waals surface area (Å²) >= 11 is 0. The molecule has 1 aliphatic rings. The van der Waals surface area contributed by atoms with E-state index in [0.29, 0.717) is 12.2 Å². The van der Waals surface area contributed by atoms with Crippen molar-refractivity contribution in [1.82, 2.24) is 9.80 Å². The average Bonchev–Trinajstić information content (AvgIpc) is 2.57. The lowest BCUT2D eigenvalue weighted by atomic mass is 10.1. The first-order chi connectivity index (χ1) is 11.5. The Morgan fingerprint density at radius 1 is 1.42 bits per heavy atom. The van der Waals surface area contributed by atoms with Crippen LogP contribution < -0.4 is 11.1 Å². The molecule has 1 amide bonds. The molecule has 1 aliphatic heterocycles. The Morgan fingerprint density at radius 3 is 2.71 bits per heavy atom. The lowest BCUT2D eigenvalue weighted by Crippen LogP contribution is -2.45. The van der Waals surface area contributed by atoms with Crippen molar-refractivity contribution < 1.29 is 9.90 Å². The highest BCUT2D eigenvalue weighted by atomic mass is 16.3. The van der Waals surface area contributed by atoms with Gasteiger partial charge in [-0.05, 0) is 30.7 Å². The van der Waals surface area contributed by atoms with Gasteiger partial charge in [-0.15, -0.1) is 0 Å². The molecule has 0 aliphatic carbocycles. The molecular formula is C17H23N5O2. The third-order valence-corrected chi connectivity index (χ3v) is 3.99. The molecule has 1 aromatic carbocycles.